The van der Waals surface area contributed by atoms with Crippen molar-refractivity contribution in [1.82, 2.24) is 5.32 Å². The highest BCUT2D eigenvalue weighted by Crippen LogP contribution is 1.91. The van der Waals surface area contributed by atoms with Gasteiger partial charge in [-0.05, 0) is 19.4 Å². The molecule has 0 saturated carbocycles. The third-order valence-electron chi connectivity index (χ3n) is 1.55. The van der Waals surface area contributed by atoms with Gasteiger partial charge in [0.2, 0.25) is 5.91 Å². The van der Waals surface area contributed by atoms with Crippen molar-refractivity contribution in [3.8, 4) is 0 Å². The fraction of sp³-hybridized carbons (Fsp3) is 0.556. The van der Waals surface area contributed by atoms with Crippen LogP contribution in [-0.2, 0) is 9.59 Å². The first-order valence-electron chi connectivity index (χ1n) is 4.51. The topological polar surface area (TPSA) is 92.4 Å². The minimum atomic E-state index is -0.944. The van der Waals surface area contributed by atoms with Gasteiger partial charge in [0.05, 0.1) is 0 Å². The lowest BCUT2D eigenvalue weighted by molar-refractivity contribution is -0.131. The van der Waals surface area contributed by atoms with Crippen LogP contribution in [0.25, 0.3) is 0 Å². The molecule has 0 radical (unpaired) electrons. The fourth-order valence-corrected chi connectivity index (χ4v) is 0.894. The third kappa shape index (κ3) is 10.6. The quantitative estimate of drug-likeness (QED) is 0.376. The van der Waals surface area contributed by atoms with Gasteiger partial charge < -0.3 is 16.2 Å². The largest absolute Gasteiger partial charge is 0.478 e. The summed E-state index contributed by atoms with van der Waals surface area (Å²) >= 11 is 0. The maximum absolute atomic E-state index is 10.3. The predicted molar refractivity (Wildman–Crippen MR) is 52.7 cm³/mol. The number of hydrogen-bond donors (Lipinski definition) is 3. The number of carboxylic acid groups (broad SMARTS) is 1. The van der Waals surface area contributed by atoms with Crippen molar-refractivity contribution < 1.29 is 14.7 Å². The minimum Gasteiger partial charge on any atom is -0.478 e. The third-order valence-corrected chi connectivity index (χ3v) is 1.55. The lowest BCUT2D eigenvalue weighted by Crippen LogP contribution is -2.16. The summed E-state index contributed by atoms with van der Waals surface area (Å²) in [6.07, 6.45) is 4.67. The van der Waals surface area contributed by atoms with Crippen LogP contribution >= 0.6 is 0 Å². The molecule has 0 aliphatic rings. The summed E-state index contributed by atoms with van der Waals surface area (Å²) in [6, 6.07) is 0. The number of primary amides is 1. The smallest absolute Gasteiger partial charge is 0.328 e. The van der Waals surface area contributed by atoms with E-state index < -0.39 is 5.97 Å². The van der Waals surface area contributed by atoms with E-state index in [9.17, 15) is 9.59 Å². The van der Waals surface area contributed by atoms with E-state index in [1.807, 2.05) is 0 Å². The average molecular weight is 200 g/mol. The first-order chi connectivity index (χ1) is 6.63. The number of aliphatic carboxylic acids is 1. The fourth-order valence-electron chi connectivity index (χ4n) is 0.894. The summed E-state index contributed by atoms with van der Waals surface area (Å²) < 4.78 is 0. The highest BCUT2D eigenvalue weighted by molar-refractivity contribution is 5.79. The van der Waals surface area contributed by atoms with E-state index in [2.05, 4.69) is 5.32 Å². The zero-order chi connectivity index (χ0) is 10.8. The van der Waals surface area contributed by atoms with Crippen molar-refractivity contribution in [1.29, 1.82) is 0 Å². The Morgan fingerprint density at radius 3 is 2.64 bits per heavy atom. The van der Waals surface area contributed by atoms with Crippen LogP contribution in [0.15, 0.2) is 12.2 Å². The number of hydrogen-bond acceptors (Lipinski definition) is 3. The molecular formula is C9H16N2O3. The minimum absolute atomic E-state index is 0.282. The molecule has 0 rings (SSSR count). The van der Waals surface area contributed by atoms with Crippen molar-refractivity contribution in [2.24, 2.45) is 5.73 Å². The molecule has 14 heavy (non-hydrogen) atoms. The van der Waals surface area contributed by atoms with Crippen LogP contribution in [0, 0.1) is 0 Å². The molecule has 0 bridgehead atoms. The summed E-state index contributed by atoms with van der Waals surface area (Å²) in [5, 5.41) is 11.3. The number of unbranched alkanes of at least 4 members (excludes halogenated alkanes) is 1. The monoisotopic (exact) mass is 200 g/mol. The molecule has 0 aromatic carbocycles. The second-order valence-electron chi connectivity index (χ2n) is 2.87. The Morgan fingerprint density at radius 2 is 2.07 bits per heavy atom. The Hall–Kier alpha value is -1.36. The molecule has 0 heterocycles. The Kier molecular flexibility index (Phi) is 7.45. The predicted octanol–water partition coefficient (Wildman–Crippen LogP) is -0.128. The Morgan fingerprint density at radius 1 is 1.36 bits per heavy atom. The molecule has 0 aromatic heterocycles. The molecule has 0 saturated heterocycles. The van der Waals surface area contributed by atoms with Gasteiger partial charge in [-0.1, -0.05) is 6.08 Å². The second-order valence-corrected chi connectivity index (χ2v) is 2.87. The lowest BCUT2D eigenvalue weighted by Gasteiger charge is -1.99. The number of nitrogens with two attached hydrogens (primary N) is 1. The van der Waals surface area contributed by atoms with Crippen LogP contribution in [0.5, 0.6) is 0 Å². The molecule has 0 aromatic rings. The average Bonchev–Trinajstić information content (AvgIpc) is 2.08. The molecule has 0 aliphatic carbocycles. The lowest BCUT2D eigenvalue weighted by atomic mass is 10.2. The van der Waals surface area contributed by atoms with Gasteiger partial charge in [-0.25, -0.2) is 4.79 Å². The van der Waals surface area contributed by atoms with Crippen LogP contribution in [0.4, 0.5) is 0 Å². The van der Waals surface area contributed by atoms with E-state index in [1.54, 1.807) is 0 Å². The Bertz CT molecular complexity index is 214. The number of nitrogens with one attached hydrogen (secondary N) is 1. The number of amides is 1. The van der Waals surface area contributed by atoms with Crippen molar-refractivity contribution >= 4 is 11.9 Å². The molecule has 5 heteroatoms. The number of carboxylic acids is 1. The Balaban J connectivity index is 3.14. The van der Waals surface area contributed by atoms with Crippen LogP contribution in [0.1, 0.15) is 19.3 Å². The normalized spacial score (nSPS) is 10.6. The van der Waals surface area contributed by atoms with Crippen molar-refractivity contribution in [2.75, 3.05) is 13.1 Å². The van der Waals surface area contributed by atoms with Gasteiger partial charge in [0.15, 0.2) is 0 Å². The summed E-state index contributed by atoms with van der Waals surface area (Å²) in [5.74, 6) is -1.23. The van der Waals surface area contributed by atoms with E-state index >= 15 is 0 Å². The van der Waals surface area contributed by atoms with Crippen molar-refractivity contribution in [3.63, 3.8) is 0 Å². The summed E-state index contributed by atoms with van der Waals surface area (Å²) in [5.41, 5.74) is 4.95. The van der Waals surface area contributed by atoms with Crippen molar-refractivity contribution in [3.05, 3.63) is 12.2 Å². The number of carbonyl (C=O) groups is 2. The molecule has 0 spiro atoms. The van der Waals surface area contributed by atoms with Crippen molar-refractivity contribution in [2.45, 2.75) is 19.3 Å². The van der Waals surface area contributed by atoms with E-state index in [0.29, 0.717) is 13.0 Å². The highest BCUT2D eigenvalue weighted by atomic mass is 16.4. The molecule has 5 nitrogen and oxygen atoms in total. The van der Waals surface area contributed by atoms with Gasteiger partial charge >= 0.3 is 5.97 Å². The van der Waals surface area contributed by atoms with Gasteiger partial charge in [-0.15, -0.1) is 0 Å². The highest BCUT2D eigenvalue weighted by Gasteiger charge is 1.93. The van der Waals surface area contributed by atoms with E-state index in [-0.39, 0.29) is 5.91 Å². The molecule has 0 unspecified atom stereocenters. The SMILES string of the molecule is NC(=O)CCCCNC/C=C/C(=O)O. The maximum atomic E-state index is 10.3. The number of carbonyl (C=O) groups excluding carboxylic acids is 1. The molecule has 80 valence electrons. The van der Waals surface area contributed by atoms with Crippen LogP contribution < -0.4 is 11.1 Å². The standard InChI is InChI=1S/C9H16N2O3/c10-8(12)4-1-2-6-11-7-3-5-9(13)14/h3,5,11H,1-2,4,6-7H2,(H2,10,12)(H,13,14)/b5-3+. The first kappa shape index (κ1) is 12.6. The van der Waals surface area contributed by atoms with E-state index in [4.69, 9.17) is 10.8 Å². The van der Waals surface area contributed by atoms with Crippen LogP contribution in [0.2, 0.25) is 0 Å². The van der Waals surface area contributed by atoms with Crippen LogP contribution in [-0.4, -0.2) is 30.1 Å². The first-order valence-corrected chi connectivity index (χ1v) is 4.51. The van der Waals surface area contributed by atoms with Gasteiger partial charge in [-0.2, -0.15) is 0 Å². The molecule has 0 aliphatic heterocycles. The Labute approximate surface area is 83.0 Å². The molecule has 1 amide bonds. The second kappa shape index (κ2) is 8.25. The molecule has 0 fully saturated rings. The molecular weight excluding hydrogens is 184 g/mol. The zero-order valence-electron chi connectivity index (χ0n) is 8.03. The van der Waals surface area contributed by atoms with Gasteiger partial charge in [0.1, 0.15) is 0 Å². The van der Waals surface area contributed by atoms with Gasteiger partial charge in [0.25, 0.3) is 0 Å². The zero-order valence-corrected chi connectivity index (χ0v) is 8.03. The molecule has 4 N–H and O–H groups in total. The van der Waals surface area contributed by atoms with E-state index in [1.165, 1.54) is 6.08 Å². The summed E-state index contributed by atoms with van der Waals surface area (Å²) in [7, 11) is 0. The summed E-state index contributed by atoms with van der Waals surface area (Å²) in [4.78, 5) is 20.4. The maximum Gasteiger partial charge on any atom is 0.328 e. The van der Waals surface area contributed by atoms with Gasteiger partial charge in [-0.3, -0.25) is 4.79 Å². The van der Waals surface area contributed by atoms with Crippen LogP contribution in [0.3, 0.4) is 0 Å². The number of rotatable bonds is 8. The molecule has 0 atom stereocenters. The van der Waals surface area contributed by atoms with E-state index in [0.717, 1.165) is 25.5 Å². The summed E-state index contributed by atoms with van der Waals surface area (Å²) in [6.45, 7) is 1.29. The van der Waals surface area contributed by atoms with Gasteiger partial charge in [0, 0.05) is 19.0 Å².